The van der Waals surface area contributed by atoms with Crippen molar-refractivity contribution in [2.75, 3.05) is 0 Å². The minimum atomic E-state index is -0.662. The summed E-state index contributed by atoms with van der Waals surface area (Å²) in [6, 6.07) is 13.5. The monoisotopic (exact) mass is 614 g/mol. The summed E-state index contributed by atoms with van der Waals surface area (Å²) in [5.74, 6) is -2.59. The molecule has 7 heteroatoms. The second-order valence-corrected chi connectivity index (χ2v) is 10.0. The van der Waals surface area contributed by atoms with Gasteiger partial charge in [-0.1, -0.05) is 0 Å². The Labute approximate surface area is 265 Å². The van der Waals surface area contributed by atoms with E-state index < -0.39 is 23.3 Å². The van der Waals surface area contributed by atoms with E-state index in [-0.39, 0.29) is 21.7 Å². The van der Waals surface area contributed by atoms with Crippen molar-refractivity contribution in [2.24, 2.45) is 0 Å². The molecule has 2 nitrogen and oxygen atoms in total. The molecule has 0 radical (unpaired) electrons. The first-order valence-corrected chi connectivity index (χ1v) is 14.1. The first-order valence-electron chi connectivity index (χ1n) is 14.1. The number of allylic oxidation sites excluding steroid dienone is 8. The van der Waals surface area contributed by atoms with Gasteiger partial charge in [-0.25, -0.2) is 41.9 Å². The predicted molar refractivity (Wildman–Crippen MR) is 156 cm³/mol. The van der Waals surface area contributed by atoms with Crippen LogP contribution in [0.2, 0.25) is 0 Å². The number of nitrogens with zero attached hydrogens (tertiary/aromatic N) is 2. The summed E-state index contributed by atoms with van der Waals surface area (Å²) in [6.45, 7) is 0. The number of benzene rings is 2. The molecule has 0 N–H and O–H groups in total. The standard InChI is InChI=1S/2C13H10F2N.2C5H5.Ti/c2*14-10-4-5-13(11(15)8-10)16-7-6-9-2-1-3-12(9)16;2*1-2-4-5-3-1;/h2*4-7H,1-3H2;2*1-3H,4H2;/q4*-1;+4. The van der Waals surface area contributed by atoms with Gasteiger partial charge in [-0.05, 0) is 85.6 Å². The summed E-state index contributed by atoms with van der Waals surface area (Å²) in [4.78, 5) is 0. The van der Waals surface area contributed by atoms with Crippen molar-refractivity contribution in [2.45, 2.75) is 51.4 Å². The number of fused-ring (bicyclic) bond motifs is 2. The first-order chi connectivity index (χ1) is 20.5. The molecule has 4 aliphatic carbocycles. The SMILES string of the molecule is Fc1[c-]c(F)c(-n2ccc3c2CCC3)cc1.Fc1[c-]c(F)c(-n2ccc3c2CCC3)cc1.[C-]1=CC=CC1.[C-]1=CC=CC1.[Ti+4]. The molecule has 2 aromatic carbocycles. The van der Waals surface area contributed by atoms with Crippen LogP contribution in [0.25, 0.3) is 11.4 Å². The van der Waals surface area contributed by atoms with Crippen molar-refractivity contribution < 1.29 is 39.3 Å². The minimum Gasteiger partial charge on any atom is -0.372 e. The van der Waals surface area contributed by atoms with Crippen molar-refractivity contribution in [3.8, 4) is 11.4 Å². The maximum absolute atomic E-state index is 13.6. The number of hydrogen-bond donors (Lipinski definition) is 0. The van der Waals surface area contributed by atoms with Gasteiger partial charge in [0.05, 0.1) is 0 Å². The quantitative estimate of drug-likeness (QED) is 0.122. The molecule has 0 atom stereocenters. The first kappa shape index (κ1) is 32.3. The van der Waals surface area contributed by atoms with Gasteiger partial charge < -0.3 is 9.13 Å². The van der Waals surface area contributed by atoms with Crippen molar-refractivity contribution >= 4 is 0 Å². The van der Waals surface area contributed by atoms with Gasteiger partial charge in [-0.2, -0.15) is 12.2 Å². The van der Waals surface area contributed by atoms with Crippen LogP contribution < -0.4 is 0 Å². The van der Waals surface area contributed by atoms with E-state index in [1.807, 2.05) is 48.8 Å². The second kappa shape index (κ2) is 15.7. The molecule has 0 bridgehead atoms. The van der Waals surface area contributed by atoms with Gasteiger partial charge in [-0.15, -0.1) is 49.2 Å². The summed E-state index contributed by atoms with van der Waals surface area (Å²) in [7, 11) is 0. The van der Waals surface area contributed by atoms with Crippen molar-refractivity contribution in [1.82, 2.24) is 9.13 Å². The van der Waals surface area contributed by atoms with E-state index >= 15 is 0 Å². The number of halogens is 4. The third-order valence-corrected chi connectivity index (χ3v) is 7.27. The van der Waals surface area contributed by atoms with Crippen LogP contribution in [0.3, 0.4) is 0 Å². The molecule has 0 spiro atoms. The Hall–Kier alpha value is -3.61. The molecular weight excluding hydrogens is 584 g/mol. The molecule has 216 valence electrons. The molecule has 0 amide bonds. The fourth-order valence-corrected chi connectivity index (χ4v) is 5.30. The van der Waals surface area contributed by atoms with Crippen LogP contribution in [0, 0.1) is 47.6 Å². The Morgan fingerprint density at radius 2 is 1.00 bits per heavy atom. The van der Waals surface area contributed by atoms with E-state index in [2.05, 4.69) is 36.4 Å². The fraction of sp³-hybridized carbons (Fsp3) is 0.222. The predicted octanol–water partition coefficient (Wildman–Crippen LogP) is 8.70. The maximum Gasteiger partial charge on any atom is 4.00 e. The van der Waals surface area contributed by atoms with Gasteiger partial charge in [0.15, 0.2) is 0 Å². The van der Waals surface area contributed by atoms with Crippen LogP contribution in [-0.2, 0) is 47.4 Å². The molecular formula is C36H30F4N2Ti. The van der Waals surface area contributed by atoms with E-state index in [4.69, 9.17) is 0 Å². The van der Waals surface area contributed by atoms with Crippen LogP contribution in [0.4, 0.5) is 17.6 Å². The van der Waals surface area contributed by atoms with Gasteiger partial charge in [0.1, 0.15) is 0 Å². The van der Waals surface area contributed by atoms with Gasteiger partial charge in [-0.3, -0.25) is 12.2 Å². The molecule has 43 heavy (non-hydrogen) atoms. The van der Waals surface area contributed by atoms with E-state index in [1.54, 1.807) is 9.13 Å². The molecule has 4 aromatic rings. The Morgan fingerprint density at radius 3 is 1.33 bits per heavy atom. The Bertz CT molecular complexity index is 1500. The fourth-order valence-electron chi connectivity index (χ4n) is 5.30. The van der Waals surface area contributed by atoms with Crippen LogP contribution >= 0.6 is 0 Å². The molecule has 2 heterocycles. The largest absolute Gasteiger partial charge is 4.00 e. The maximum atomic E-state index is 13.6. The van der Waals surface area contributed by atoms with E-state index in [1.165, 1.54) is 35.4 Å². The number of rotatable bonds is 2. The smallest absolute Gasteiger partial charge is 0.372 e. The normalized spacial score (nSPS) is 14.6. The minimum absolute atomic E-state index is 0. The molecule has 0 aliphatic heterocycles. The molecule has 0 saturated heterocycles. The Kier molecular flexibility index (Phi) is 11.8. The van der Waals surface area contributed by atoms with Gasteiger partial charge in [0, 0.05) is 34.7 Å². The van der Waals surface area contributed by atoms with E-state index in [0.717, 1.165) is 62.8 Å². The summed E-state index contributed by atoms with van der Waals surface area (Å²) < 4.78 is 56.2. The third kappa shape index (κ3) is 8.27. The molecule has 2 aromatic heterocycles. The summed E-state index contributed by atoms with van der Waals surface area (Å²) in [5, 5.41) is 0. The number of hydrogen-bond acceptors (Lipinski definition) is 0. The van der Waals surface area contributed by atoms with E-state index in [9.17, 15) is 17.6 Å². The molecule has 4 aliphatic rings. The van der Waals surface area contributed by atoms with Crippen LogP contribution in [-0.4, -0.2) is 9.13 Å². The van der Waals surface area contributed by atoms with Crippen LogP contribution in [0.1, 0.15) is 48.2 Å². The van der Waals surface area contributed by atoms with Crippen molar-refractivity contribution in [3.63, 3.8) is 0 Å². The zero-order valence-corrected chi connectivity index (χ0v) is 25.2. The van der Waals surface area contributed by atoms with Crippen molar-refractivity contribution in [1.29, 1.82) is 0 Å². The Morgan fingerprint density at radius 1 is 0.558 bits per heavy atom. The van der Waals surface area contributed by atoms with Crippen LogP contribution in [0.15, 0.2) is 85.2 Å². The zero-order valence-electron chi connectivity index (χ0n) is 23.6. The number of aryl methyl sites for hydroxylation is 2. The topological polar surface area (TPSA) is 9.86 Å². The van der Waals surface area contributed by atoms with Crippen LogP contribution in [0.5, 0.6) is 0 Å². The number of aromatic nitrogens is 2. The average Bonchev–Trinajstić information content (AvgIpc) is 3.82. The van der Waals surface area contributed by atoms with Gasteiger partial charge in [0.2, 0.25) is 0 Å². The van der Waals surface area contributed by atoms with Crippen molar-refractivity contribution in [3.05, 3.63) is 155 Å². The summed E-state index contributed by atoms with van der Waals surface area (Å²) in [5.41, 5.74) is 5.57. The van der Waals surface area contributed by atoms with Gasteiger partial charge >= 0.3 is 21.7 Å². The third-order valence-electron chi connectivity index (χ3n) is 7.27. The summed E-state index contributed by atoms with van der Waals surface area (Å²) in [6.07, 6.45) is 29.9. The molecule has 0 unspecified atom stereocenters. The molecule has 8 rings (SSSR count). The molecule has 0 saturated carbocycles. The Balaban J connectivity index is 0.000000147. The molecule has 0 fully saturated rings. The van der Waals surface area contributed by atoms with Gasteiger partial charge in [0.25, 0.3) is 0 Å². The summed E-state index contributed by atoms with van der Waals surface area (Å²) >= 11 is 0. The second-order valence-electron chi connectivity index (χ2n) is 10.0. The zero-order chi connectivity index (χ0) is 29.3. The van der Waals surface area contributed by atoms with E-state index in [0.29, 0.717) is 11.4 Å². The average molecular weight is 615 g/mol.